The molecule has 2 heterocycles. The summed E-state index contributed by atoms with van der Waals surface area (Å²) in [5.74, 6) is 0.985. The van der Waals surface area contributed by atoms with Gasteiger partial charge >= 0.3 is 0 Å². The molecule has 0 radical (unpaired) electrons. The number of aromatic nitrogens is 2. The number of halogens is 1. The second kappa shape index (κ2) is 10.4. The zero-order chi connectivity index (χ0) is 27.0. The van der Waals surface area contributed by atoms with Crippen LogP contribution in [0.4, 0.5) is 5.13 Å². The van der Waals surface area contributed by atoms with Gasteiger partial charge in [0.25, 0.3) is 0 Å². The molecule has 1 aliphatic heterocycles. The van der Waals surface area contributed by atoms with Gasteiger partial charge < -0.3 is 10.5 Å². The summed E-state index contributed by atoms with van der Waals surface area (Å²) in [6.45, 7) is 4.14. The molecule has 0 fully saturated rings. The summed E-state index contributed by atoms with van der Waals surface area (Å²) in [7, 11) is 1.59. The molecule has 0 amide bonds. The summed E-state index contributed by atoms with van der Waals surface area (Å²) in [4.78, 5) is 15.5. The van der Waals surface area contributed by atoms with E-state index in [9.17, 15) is 10.1 Å². The lowest BCUT2D eigenvalue weighted by Gasteiger charge is -2.42. The third kappa shape index (κ3) is 4.92. The SMILES string of the molecule is COc1cccc(C2C(C#N)=C(N)N(c3nnc(SCc4ccccc4Cl)s3)C3=C2C(=O)CC(C)(C)C3)c1. The van der Waals surface area contributed by atoms with E-state index in [1.165, 1.54) is 23.1 Å². The summed E-state index contributed by atoms with van der Waals surface area (Å²) in [5.41, 5.74) is 9.91. The van der Waals surface area contributed by atoms with Gasteiger partial charge in [0.15, 0.2) is 10.1 Å². The number of carbonyl (C=O) groups excluding carboxylic acids is 1. The molecule has 7 nitrogen and oxygen atoms in total. The van der Waals surface area contributed by atoms with Crippen LogP contribution in [0.5, 0.6) is 5.75 Å². The van der Waals surface area contributed by atoms with Crippen LogP contribution >= 0.6 is 34.7 Å². The lowest BCUT2D eigenvalue weighted by atomic mass is 9.68. The number of hydrogen-bond donors (Lipinski definition) is 1. The van der Waals surface area contributed by atoms with Crippen molar-refractivity contribution in [2.45, 2.75) is 42.7 Å². The Morgan fingerprint density at radius 1 is 1.24 bits per heavy atom. The fourth-order valence-electron chi connectivity index (χ4n) is 4.99. The molecule has 2 aromatic carbocycles. The van der Waals surface area contributed by atoms with Crippen molar-refractivity contribution in [2.75, 3.05) is 12.0 Å². The minimum atomic E-state index is -0.577. The Bertz CT molecular complexity index is 1520. The van der Waals surface area contributed by atoms with Crippen molar-refractivity contribution in [3.05, 3.63) is 87.3 Å². The summed E-state index contributed by atoms with van der Waals surface area (Å²) < 4.78 is 6.16. The molecule has 0 spiro atoms. The number of ketones is 1. The number of ether oxygens (including phenoxy) is 1. The molecule has 1 atom stereocenters. The van der Waals surface area contributed by atoms with Gasteiger partial charge in [0.05, 0.1) is 24.7 Å². The third-order valence-electron chi connectivity index (χ3n) is 6.70. The van der Waals surface area contributed by atoms with Gasteiger partial charge in [-0.3, -0.25) is 9.69 Å². The number of rotatable bonds is 6. The van der Waals surface area contributed by atoms with Crippen molar-refractivity contribution < 1.29 is 9.53 Å². The van der Waals surface area contributed by atoms with Crippen LogP contribution in [0.25, 0.3) is 0 Å². The van der Waals surface area contributed by atoms with E-state index in [1.54, 1.807) is 12.0 Å². The average molecular weight is 564 g/mol. The van der Waals surface area contributed by atoms with Crippen molar-refractivity contribution >= 4 is 45.6 Å². The monoisotopic (exact) mass is 563 g/mol. The van der Waals surface area contributed by atoms with Crippen molar-refractivity contribution in [1.29, 1.82) is 5.26 Å². The Labute approximate surface area is 235 Å². The molecule has 0 saturated carbocycles. The minimum Gasteiger partial charge on any atom is -0.497 e. The van der Waals surface area contributed by atoms with Gasteiger partial charge in [0.1, 0.15) is 11.6 Å². The van der Waals surface area contributed by atoms with E-state index in [-0.39, 0.29) is 17.0 Å². The van der Waals surface area contributed by atoms with Crippen LogP contribution in [0.1, 0.15) is 43.7 Å². The maximum absolute atomic E-state index is 13.7. The first-order valence-electron chi connectivity index (χ1n) is 12.0. The van der Waals surface area contributed by atoms with Gasteiger partial charge in [-0.05, 0) is 41.2 Å². The normalized spacial score (nSPS) is 18.9. The number of carbonyl (C=O) groups is 1. The zero-order valence-electron chi connectivity index (χ0n) is 21.2. The highest BCUT2D eigenvalue weighted by atomic mass is 35.5. The van der Waals surface area contributed by atoms with Gasteiger partial charge in [-0.2, -0.15) is 5.26 Å². The van der Waals surface area contributed by atoms with Gasteiger partial charge in [0, 0.05) is 28.5 Å². The van der Waals surface area contributed by atoms with E-state index in [0.29, 0.717) is 45.6 Å². The Kier molecular flexibility index (Phi) is 7.23. The van der Waals surface area contributed by atoms with E-state index in [4.69, 9.17) is 22.1 Å². The number of anilines is 1. The standard InChI is InChI=1S/C28H26ClN5O2S2/c1-28(2)12-21-24(22(35)13-28)23(16-8-6-9-18(11-16)36-3)19(14-30)25(31)34(21)26-32-33-27(38-26)37-15-17-7-4-5-10-20(17)29/h4-11,23H,12-13,15,31H2,1-3H3. The quantitative estimate of drug-likeness (QED) is 0.342. The molecule has 1 aliphatic carbocycles. The number of thioether (sulfide) groups is 1. The highest BCUT2D eigenvalue weighted by Crippen LogP contribution is 2.51. The third-order valence-corrected chi connectivity index (χ3v) is 9.16. The molecule has 5 rings (SSSR count). The second-order valence-electron chi connectivity index (χ2n) is 9.99. The molecule has 1 unspecified atom stereocenters. The van der Waals surface area contributed by atoms with Crippen LogP contribution in [0, 0.1) is 16.7 Å². The summed E-state index contributed by atoms with van der Waals surface area (Å²) >= 11 is 9.22. The number of methoxy groups -OCH3 is 1. The van der Waals surface area contributed by atoms with E-state index in [1.807, 2.05) is 48.5 Å². The van der Waals surface area contributed by atoms with Crippen LogP contribution in [-0.4, -0.2) is 23.1 Å². The lowest BCUT2D eigenvalue weighted by Crippen LogP contribution is -2.42. The van der Waals surface area contributed by atoms with Crippen molar-refractivity contribution in [2.24, 2.45) is 11.1 Å². The Hall–Kier alpha value is -3.32. The fraction of sp³-hybridized carbons (Fsp3) is 0.286. The van der Waals surface area contributed by atoms with Gasteiger partial charge in [-0.25, -0.2) is 0 Å². The van der Waals surface area contributed by atoms with Crippen molar-refractivity contribution in [3.8, 4) is 11.8 Å². The Morgan fingerprint density at radius 2 is 2.03 bits per heavy atom. The van der Waals surface area contributed by atoms with Crippen LogP contribution in [0.15, 0.2) is 75.5 Å². The van der Waals surface area contributed by atoms with Crippen LogP contribution < -0.4 is 15.4 Å². The maximum Gasteiger partial charge on any atom is 0.219 e. The number of Topliss-reactive ketones (excluding diaryl/α,β-unsaturated/α-hetero) is 1. The first kappa shape index (κ1) is 26.3. The Morgan fingerprint density at radius 3 is 2.76 bits per heavy atom. The molecule has 38 heavy (non-hydrogen) atoms. The van der Waals surface area contributed by atoms with Crippen LogP contribution in [-0.2, 0) is 10.5 Å². The van der Waals surface area contributed by atoms with E-state index in [2.05, 4.69) is 30.1 Å². The number of benzene rings is 2. The molecule has 10 heteroatoms. The molecule has 1 aromatic heterocycles. The second-order valence-corrected chi connectivity index (χ2v) is 12.6. The molecular weight excluding hydrogens is 538 g/mol. The molecular formula is C28H26ClN5O2S2. The number of nitrogens with two attached hydrogens (primary N) is 1. The molecule has 0 bridgehead atoms. The van der Waals surface area contributed by atoms with Crippen molar-refractivity contribution in [3.63, 3.8) is 0 Å². The molecule has 2 N–H and O–H groups in total. The number of nitriles is 1. The summed E-state index contributed by atoms with van der Waals surface area (Å²) in [6.07, 6.45) is 0.990. The first-order chi connectivity index (χ1) is 18.2. The van der Waals surface area contributed by atoms with Crippen molar-refractivity contribution in [1.82, 2.24) is 10.2 Å². The summed E-state index contributed by atoms with van der Waals surface area (Å²) in [5, 5.41) is 20.3. The number of hydrogen-bond acceptors (Lipinski definition) is 9. The highest BCUT2D eigenvalue weighted by Gasteiger charge is 2.45. The smallest absolute Gasteiger partial charge is 0.219 e. The summed E-state index contributed by atoms with van der Waals surface area (Å²) in [6, 6.07) is 17.4. The van der Waals surface area contributed by atoms with E-state index in [0.717, 1.165) is 21.2 Å². The lowest BCUT2D eigenvalue weighted by molar-refractivity contribution is -0.118. The van der Waals surface area contributed by atoms with Gasteiger partial charge in [0.2, 0.25) is 5.13 Å². The first-order valence-corrected chi connectivity index (χ1v) is 14.2. The predicted molar refractivity (Wildman–Crippen MR) is 151 cm³/mol. The zero-order valence-corrected chi connectivity index (χ0v) is 23.6. The van der Waals surface area contributed by atoms with Gasteiger partial charge in [-0.1, -0.05) is 78.9 Å². The van der Waals surface area contributed by atoms with Gasteiger partial charge in [-0.15, -0.1) is 10.2 Å². The number of nitrogens with zero attached hydrogens (tertiary/aromatic N) is 4. The number of allylic oxidation sites excluding steroid dienone is 3. The Balaban J connectivity index is 1.58. The molecule has 3 aromatic rings. The molecule has 0 saturated heterocycles. The fourth-order valence-corrected chi connectivity index (χ4v) is 7.15. The molecule has 2 aliphatic rings. The average Bonchev–Trinajstić information content (AvgIpc) is 3.35. The predicted octanol–water partition coefficient (Wildman–Crippen LogP) is 6.43. The van der Waals surface area contributed by atoms with Crippen LogP contribution in [0.3, 0.4) is 0 Å². The maximum atomic E-state index is 13.7. The van der Waals surface area contributed by atoms with E-state index < -0.39 is 5.92 Å². The largest absolute Gasteiger partial charge is 0.497 e. The minimum absolute atomic E-state index is 0.00662. The van der Waals surface area contributed by atoms with Crippen LogP contribution in [0.2, 0.25) is 5.02 Å². The topological polar surface area (TPSA) is 105 Å². The molecule has 194 valence electrons. The highest BCUT2D eigenvalue weighted by molar-refractivity contribution is 8.00. The van der Waals surface area contributed by atoms with E-state index >= 15 is 0 Å².